The number of hydrogen-bond donors (Lipinski definition) is 0. The van der Waals surface area contributed by atoms with Crippen LogP contribution in [0.25, 0.3) is 0 Å². The molecule has 0 aromatic carbocycles. The van der Waals surface area contributed by atoms with E-state index in [0.717, 1.165) is 0 Å². The molecule has 0 amide bonds. The van der Waals surface area contributed by atoms with Gasteiger partial charge in [0.1, 0.15) is 0 Å². The Bertz CT molecular complexity index is 272. The summed E-state index contributed by atoms with van der Waals surface area (Å²) >= 11 is 0. The fourth-order valence-electron chi connectivity index (χ4n) is 0.308. The van der Waals surface area contributed by atoms with Crippen LogP contribution in [0.15, 0.2) is 8.80 Å². The van der Waals surface area contributed by atoms with E-state index >= 15 is 0 Å². The van der Waals surface area contributed by atoms with Crippen LogP contribution in [0.1, 0.15) is 0 Å². The molecule has 1 aliphatic heterocycles. The minimum atomic E-state index is -4.09. The molecule has 0 saturated carbocycles. The average Bonchev–Trinajstić information content (AvgIpc) is 1.79. The minimum Gasteiger partial charge on any atom is -0.857 e. The van der Waals surface area contributed by atoms with Crippen molar-refractivity contribution in [3.63, 3.8) is 0 Å². The Morgan fingerprint density at radius 3 is 1.23 bits per heavy atom. The van der Waals surface area contributed by atoms with Gasteiger partial charge < -0.3 is 21.2 Å². The zero-order chi connectivity index (χ0) is 7.07. The summed E-state index contributed by atoms with van der Waals surface area (Å²) in [4.78, 5) is 0. The molecule has 0 unspecified atom stereocenters. The summed E-state index contributed by atoms with van der Waals surface area (Å²) in [5.41, 5.74) is 0. The average molecular weight is 230 g/mol. The molecule has 0 saturated heterocycles. The van der Waals surface area contributed by atoms with E-state index in [1.807, 2.05) is 0 Å². The van der Waals surface area contributed by atoms with Crippen LogP contribution in [-0.2, 0) is 10.2 Å². The molecule has 0 aromatic heterocycles. The molecule has 8 nitrogen and oxygen atoms in total. The normalized spacial score (nSPS) is 16.0. The van der Waals surface area contributed by atoms with E-state index in [0.29, 0.717) is 0 Å². The zero-order valence-corrected chi connectivity index (χ0v) is 11.8. The molecule has 13 heavy (non-hydrogen) atoms. The Morgan fingerprint density at radius 2 is 1.15 bits per heavy atom. The topological polar surface area (TPSA) is 168 Å². The van der Waals surface area contributed by atoms with Crippen molar-refractivity contribution in [3.8, 4) is 0 Å². The number of nitrogens with zero attached hydrogens (tertiary/aromatic N) is 2. The fourth-order valence-corrected chi connectivity index (χ4v) is 0.924. The van der Waals surface area contributed by atoms with E-state index in [2.05, 4.69) is 8.80 Å². The van der Waals surface area contributed by atoms with Crippen LogP contribution < -0.4 is 69.3 Å². The van der Waals surface area contributed by atoms with Crippen LogP contribution in [0, 0.1) is 0 Å². The Labute approximate surface area is 118 Å². The van der Waals surface area contributed by atoms with Crippen molar-refractivity contribution >= 4 is 22.0 Å². The quantitative estimate of drug-likeness (QED) is 0.376. The summed E-state index contributed by atoms with van der Waals surface area (Å²) in [5, 5.41) is 20.0. The zero-order valence-electron chi connectivity index (χ0n) is 6.94. The number of hydrogen-bond acceptors (Lipinski definition) is 4. The molecule has 0 aromatic rings. The second kappa shape index (κ2) is 8.15. The molecule has 0 bridgehead atoms. The third-order valence-electron chi connectivity index (χ3n) is 0.579. The van der Waals surface area contributed by atoms with E-state index < -0.39 is 22.0 Å². The van der Waals surface area contributed by atoms with E-state index in [1.165, 1.54) is 0 Å². The van der Waals surface area contributed by atoms with Crippen LogP contribution in [0.2, 0.25) is 0 Å². The third kappa shape index (κ3) is 6.82. The Balaban J connectivity index is -0.000000101. The van der Waals surface area contributed by atoms with Gasteiger partial charge in [-0.15, -0.1) is 0 Å². The largest absolute Gasteiger partial charge is 1.00 e. The van der Waals surface area contributed by atoms with Crippen LogP contribution in [0.5, 0.6) is 0 Å². The second-order valence-electron chi connectivity index (χ2n) is 1.24. The van der Waals surface area contributed by atoms with Crippen molar-refractivity contribution in [3.05, 3.63) is 0 Å². The van der Waals surface area contributed by atoms with Gasteiger partial charge in [-0.2, -0.15) is 17.2 Å². The Morgan fingerprint density at radius 1 is 0.923 bits per heavy atom. The smallest absolute Gasteiger partial charge is 0.857 e. The van der Waals surface area contributed by atoms with E-state index in [4.69, 9.17) is 0 Å². The molecule has 0 fully saturated rings. The molecule has 4 N–H and O–H groups in total. The predicted octanol–water partition coefficient (Wildman–Crippen LogP) is -10.9. The molecule has 1 rings (SSSR count). The fraction of sp³-hybridized carbons (Fsp3) is 0. The molecule has 0 spiro atoms. The van der Waals surface area contributed by atoms with Gasteiger partial charge in [0.25, 0.3) is 0 Å². The molecule has 0 radical (unpaired) electrons. The molecule has 0 aliphatic carbocycles. The van der Waals surface area contributed by atoms with Crippen LogP contribution >= 0.6 is 0 Å². The first-order valence-corrected chi connectivity index (χ1v) is 3.20. The summed E-state index contributed by atoms with van der Waals surface area (Å²) in [5.74, 6) is -2.65. The van der Waals surface area contributed by atoms with Gasteiger partial charge in [0.05, 0.1) is 0 Å². The molecular formula is C2H4N2Na2O6S. The maximum absolute atomic E-state index is 10.1. The van der Waals surface area contributed by atoms with Gasteiger partial charge in [-0.05, 0) is 0 Å². The van der Waals surface area contributed by atoms with Crippen LogP contribution in [0.4, 0.5) is 0 Å². The third-order valence-corrected chi connectivity index (χ3v) is 1.37. The summed E-state index contributed by atoms with van der Waals surface area (Å²) in [6, 6.07) is 0. The van der Waals surface area contributed by atoms with Gasteiger partial charge in [-0.25, -0.2) is 0 Å². The maximum atomic E-state index is 10.1. The maximum Gasteiger partial charge on any atom is 1.00 e. The standard InChI is InChI=1S/C2H2N2O4S.2Na.2H2O/c5-1-2(6)4-9(7,8)3-1;;;;/h(H,3,5)(H,4,6);;;2*1H2/q;2*+1;;/p-2. The summed E-state index contributed by atoms with van der Waals surface area (Å²) in [7, 11) is -4.09. The first-order valence-electron chi connectivity index (χ1n) is 1.80. The van der Waals surface area contributed by atoms with Crippen molar-refractivity contribution < 1.29 is 88.7 Å². The SMILES string of the molecule is O.O.O=S1(=O)N=C([O-])C([O-])=N1.[Na+].[Na+]. The second-order valence-corrected chi connectivity index (χ2v) is 2.50. The van der Waals surface area contributed by atoms with Crippen molar-refractivity contribution in [2.75, 3.05) is 0 Å². The van der Waals surface area contributed by atoms with Crippen molar-refractivity contribution in [2.24, 2.45) is 8.80 Å². The monoisotopic (exact) mass is 230 g/mol. The van der Waals surface area contributed by atoms with E-state index in [-0.39, 0.29) is 70.1 Å². The molecule has 1 aliphatic rings. The first-order chi connectivity index (χ1) is 4.01. The first kappa shape index (κ1) is 23.5. The summed E-state index contributed by atoms with van der Waals surface area (Å²) < 4.78 is 25.0. The molecular weight excluding hydrogens is 226 g/mol. The van der Waals surface area contributed by atoms with Gasteiger partial charge >= 0.3 is 69.3 Å². The summed E-state index contributed by atoms with van der Waals surface area (Å²) in [6.45, 7) is 0. The van der Waals surface area contributed by atoms with Gasteiger partial charge in [-0.3, -0.25) is 0 Å². The minimum absolute atomic E-state index is 0. The van der Waals surface area contributed by atoms with Gasteiger partial charge in [0.15, 0.2) is 0 Å². The molecule has 0 atom stereocenters. The van der Waals surface area contributed by atoms with Gasteiger partial charge in [0, 0.05) is 11.8 Å². The van der Waals surface area contributed by atoms with E-state index in [1.54, 1.807) is 0 Å². The van der Waals surface area contributed by atoms with Gasteiger partial charge in [0.2, 0.25) is 0 Å². The number of rotatable bonds is 0. The molecule has 11 heteroatoms. The van der Waals surface area contributed by atoms with Crippen LogP contribution in [-0.4, -0.2) is 31.2 Å². The predicted molar refractivity (Wildman–Crippen MR) is 31.0 cm³/mol. The molecule has 1 heterocycles. The van der Waals surface area contributed by atoms with Crippen LogP contribution in [0.3, 0.4) is 0 Å². The van der Waals surface area contributed by atoms with Crippen molar-refractivity contribution in [2.45, 2.75) is 0 Å². The Kier molecular flexibility index (Phi) is 14.8. The Hall–Kier alpha value is 0.810. The van der Waals surface area contributed by atoms with Crippen molar-refractivity contribution in [1.29, 1.82) is 0 Å². The van der Waals surface area contributed by atoms with E-state index in [9.17, 15) is 18.6 Å². The molecule has 66 valence electrons. The summed E-state index contributed by atoms with van der Waals surface area (Å²) in [6.07, 6.45) is 0. The van der Waals surface area contributed by atoms with Crippen molar-refractivity contribution in [1.82, 2.24) is 0 Å². The van der Waals surface area contributed by atoms with Gasteiger partial charge in [-0.1, -0.05) is 0 Å².